The van der Waals surface area contributed by atoms with Crippen molar-refractivity contribution in [3.63, 3.8) is 0 Å². The first kappa shape index (κ1) is 26.3. The van der Waals surface area contributed by atoms with Crippen molar-refractivity contribution in [3.05, 3.63) is 70.3 Å². The molecule has 38 heavy (non-hydrogen) atoms. The molecule has 9 heteroatoms. The first-order valence-corrected chi connectivity index (χ1v) is 14.0. The Bertz CT molecular complexity index is 1500. The van der Waals surface area contributed by atoms with Crippen LogP contribution < -0.4 is 4.90 Å². The van der Waals surface area contributed by atoms with Crippen molar-refractivity contribution in [2.24, 2.45) is 0 Å². The number of pyridine rings is 1. The van der Waals surface area contributed by atoms with Gasteiger partial charge in [-0.3, -0.25) is 4.40 Å². The highest BCUT2D eigenvalue weighted by molar-refractivity contribution is 7.14. The number of thiazole rings is 1. The number of amides is 1. The van der Waals surface area contributed by atoms with Crippen molar-refractivity contribution in [1.82, 2.24) is 19.3 Å². The molecule has 0 saturated carbocycles. The standard InChI is InChI=1S/C29H32ClN5O2S/c1-6-23-26(33(5)27-32-24(18-38-27)20-7-10-22(30)11-8-20)35-17-21(9-12-25(35)31-23)19-13-15-34(16-14-19)28(36)37-29(2,3)4/h7-13,17-18H,6,14-16H2,1-5H3. The van der Waals surface area contributed by atoms with Crippen molar-refractivity contribution < 1.29 is 9.53 Å². The molecule has 4 aromatic rings. The number of ether oxygens (including phenoxy) is 1. The van der Waals surface area contributed by atoms with Crippen molar-refractivity contribution in [3.8, 4) is 11.3 Å². The van der Waals surface area contributed by atoms with E-state index in [1.54, 1.807) is 16.2 Å². The van der Waals surface area contributed by atoms with Crippen LogP contribution in [0.2, 0.25) is 5.02 Å². The molecule has 0 bridgehead atoms. The molecular weight excluding hydrogens is 518 g/mol. The minimum Gasteiger partial charge on any atom is -0.444 e. The maximum atomic E-state index is 12.5. The maximum absolute atomic E-state index is 12.5. The highest BCUT2D eigenvalue weighted by atomic mass is 35.5. The molecule has 5 rings (SSSR count). The lowest BCUT2D eigenvalue weighted by Crippen LogP contribution is -2.39. The van der Waals surface area contributed by atoms with Gasteiger partial charge in [0.15, 0.2) is 5.13 Å². The summed E-state index contributed by atoms with van der Waals surface area (Å²) < 4.78 is 7.69. The van der Waals surface area contributed by atoms with Gasteiger partial charge in [-0.1, -0.05) is 36.7 Å². The zero-order valence-electron chi connectivity index (χ0n) is 22.4. The van der Waals surface area contributed by atoms with E-state index in [1.165, 1.54) is 5.57 Å². The van der Waals surface area contributed by atoms with E-state index in [2.05, 4.69) is 46.0 Å². The van der Waals surface area contributed by atoms with E-state index in [4.69, 9.17) is 26.3 Å². The van der Waals surface area contributed by atoms with Crippen LogP contribution in [0.4, 0.5) is 15.7 Å². The number of fused-ring (bicyclic) bond motifs is 1. The van der Waals surface area contributed by atoms with E-state index < -0.39 is 5.60 Å². The van der Waals surface area contributed by atoms with Crippen LogP contribution in [0.25, 0.3) is 22.5 Å². The van der Waals surface area contributed by atoms with Crippen LogP contribution in [0.15, 0.2) is 54.1 Å². The molecule has 198 valence electrons. The molecule has 0 saturated heterocycles. The number of carbonyl (C=O) groups excluding carboxylic acids is 1. The number of anilines is 2. The van der Waals surface area contributed by atoms with Gasteiger partial charge in [0.05, 0.1) is 11.4 Å². The largest absolute Gasteiger partial charge is 0.444 e. The minimum absolute atomic E-state index is 0.268. The predicted molar refractivity (Wildman–Crippen MR) is 156 cm³/mol. The molecule has 0 unspecified atom stereocenters. The van der Waals surface area contributed by atoms with Crippen molar-refractivity contribution in [2.45, 2.75) is 46.1 Å². The van der Waals surface area contributed by atoms with Gasteiger partial charge >= 0.3 is 6.09 Å². The Labute approximate surface area is 232 Å². The van der Waals surface area contributed by atoms with Gasteiger partial charge in [-0.25, -0.2) is 14.8 Å². The average molecular weight is 550 g/mol. The second-order valence-corrected chi connectivity index (χ2v) is 11.6. The Morgan fingerprint density at radius 1 is 1.13 bits per heavy atom. The summed E-state index contributed by atoms with van der Waals surface area (Å²) in [5.74, 6) is 1.01. The van der Waals surface area contributed by atoms with Crippen molar-refractivity contribution >= 4 is 51.2 Å². The van der Waals surface area contributed by atoms with Gasteiger partial charge in [-0.05, 0) is 69.0 Å². The summed E-state index contributed by atoms with van der Waals surface area (Å²) in [6.07, 6.45) is 5.57. The smallest absolute Gasteiger partial charge is 0.410 e. The molecule has 0 radical (unpaired) electrons. The Kier molecular flexibility index (Phi) is 7.20. The summed E-state index contributed by atoms with van der Waals surface area (Å²) in [5, 5.41) is 3.67. The molecule has 0 atom stereocenters. The van der Waals surface area contributed by atoms with Gasteiger partial charge in [0.25, 0.3) is 0 Å². The number of aryl methyl sites for hydroxylation is 1. The Hall–Kier alpha value is -3.36. The number of hydrogen-bond donors (Lipinski definition) is 0. The average Bonchev–Trinajstić information content (AvgIpc) is 3.53. The quantitative estimate of drug-likeness (QED) is 0.258. The number of aromatic nitrogens is 3. The summed E-state index contributed by atoms with van der Waals surface area (Å²) in [7, 11) is 2.04. The molecule has 1 amide bonds. The molecule has 0 fully saturated rings. The van der Waals surface area contributed by atoms with Crippen LogP contribution in [0.5, 0.6) is 0 Å². The molecule has 0 aliphatic carbocycles. The van der Waals surface area contributed by atoms with Crippen molar-refractivity contribution in [1.29, 1.82) is 0 Å². The fraction of sp³-hybridized carbons (Fsp3) is 0.345. The van der Waals surface area contributed by atoms with Crippen LogP contribution in [-0.2, 0) is 11.2 Å². The van der Waals surface area contributed by atoms with Gasteiger partial charge in [0, 0.05) is 42.3 Å². The summed E-state index contributed by atoms with van der Waals surface area (Å²) in [6, 6.07) is 11.9. The third-order valence-corrected chi connectivity index (χ3v) is 7.64. The van der Waals surface area contributed by atoms with Gasteiger partial charge in [-0.15, -0.1) is 11.3 Å². The topological polar surface area (TPSA) is 63.0 Å². The minimum atomic E-state index is -0.500. The normalized spacial score (nSPS) is 14.1. The van der Waals surface area contributed by atoms with E-state index in [1.807, 2.05) is 52.1 Å². The summed E-state index contributed by atoms with van der Waals surface area (Å²) >= 11 is 7.66. The van der Waals surface area contributed by atoms with E-state index in [9.17, 15) is 4.79 Å². The van der Waals surface area contributed by atoms with Crippen LogP contribution in [-0.4, -0.2) is 51.1 Å². The fourth-order valence-corrected chi connectivity index (χ4v) is 5.48. The van der Waals surface area contributed by atoms with Crippen LogP contribution in [0.3, 0.4) is 0 Å². The Balaban J connectivity index is 1.43. The monoisotopic (exact) mass is 549 g/mol. The summed E-state index contributed by atoms with van der Waals surface area (Å²) in [6.45, 7) is 8.95. The first-order valence-electron chi connectivity index (χ1n) is 12.8. The highest BCUT2D eigenvalue weighted by Crippen LogP contribution is 2.35. The van der Waals surface area contributed by atoms with E-state index >= 15 is 0 Å². The summed E-state index contributed by atoms with van der Waals surface area (Å²) in [5.41, 5.74) is 5.70. The number of carbonyl (C=O) groups is 1. The van der Waals surface area contributed by atoms with Gasteiger partial charge in [0.2, 0.25) is 0 Å². The number of hydrogen-bond acceptors (Lipinski definition) is 6. The SMILES string of the molecule is CCc1nc2ccc(C3=CCN(C(=O)OC(C)(C)C)CC3)cn2c1N(C)c1nc(-c2ccc(Cl)cc2)cs1. The summed E-state index contributed by atoms with van der Waals surface area (Å²) in [4.78, 5) is 26.2. The highest BCUT2D eigenvalue weighted by Gasteiger charge is 2.25. The van der Waals surface area contributed by atoms with Gasteiger partial charge in [-0.2, -0.15) is 0 Å². The molecule has 0 N–H and O–H groups in total. The van der Waals surface area contributed by atoms with Crippen LogP contribution >= 0.6 is 22.9 Å². The number of rotatable bonds is 5. The number of imidazole rings is 1. The molecule has 1 aliphatic heterocycles. The predicted octanol–water partition coefficient (Wildman–Crippen LogP) is 7.47. The Morgan fingerprint density at radius 2 is 1.87 bits per heavy atom. The van der Waals surface area contributed by atoms with E-state index in [-0.39, 0.29) is 6.09 Å². The molecule has 1 aromatic carbocycles. The second kappa shape index (κ2) is 10.4. The molecule has 7 nitrogen and oxygen atoms in total. The molecular formula is C29H32ClN5O2S. The maximum Gasteiger partial charge on any atom is 0.410 e. The van der Waals surface area contributed by atoms with Crippen LogP contribution in [0, 0.1) is 0 Å². The number of halogens is 1. The first-order chi connectivity index (χ1) is 18.1. The lowest BCUT2D eigenvalue weighted by molar-refractivity contribution is 0.0270. The van der Waals surface area contributed by atoms with E-state index in [0.29, 0.717) is 18.1 Å². The number of nitrogens with zero attached hydrogens (tertiary/aromatic N) is 5. The zero-order chi connectivity index (χ0) is 27.0. The Morgan fingerprint density at radius 3 is 2.53 bits per heavy atom. The van der Waals surface area contributed by atoms with E-state index in [0.717, 1.165) is 52.0 Å². The molecule has 1 aliphatic rings. The van der Waals surface area contributed by atoms with Crippen molar-refractivity contribution in [2.75, 3.05) is 25.0 Å². The third kappa shape index (κ3) is 5.42. The lowest BCUT2D eigenvalue weighted by atomic mass is 10.0. The number of benzene rings is 1. The van der Waals surface area contributed by atoms with Gasteiger partial charge < -0.3 is 14.5 Å². The third-order valence-electron chi connectivity index (χ3n) is 6.47. The molecule has 3 aromatic heterocycles. The van der Waals surface area contributed by atoms with Gasteiger partial charge in [0.1, 0.15) is 17.1 Å². The molecule has 0 spiro atoms. The second-order valence-electron chi connectivity index (χ2n) is 10.4. The molecule has 4 heterocycles. The fourth-order valence-electron chi connectivity index (χ4n) is 4.55. The van der Waals surface area contributed by atoms with Crippen LogP contribution in [0.1, 0.15) is 45.4 Å². The zero-order valence-corrected chi connectivity index (χ0v) is 23.9. The lowest BCUT2D eigenvalue weighted by Gasteiger charge is -2.29.